The Hall–Kier alpha value is -2.67. The van der Waals surface area contributed by atoms with Crippen molar-refractivity contribution in [3.8, 4) is 11.5 Å². The van der Waals surface area contributed by atoms with Crippen molar-refractivity contribution >= 4 is 16.7 Å². The number of nitrogens with zero attached hydrogens (tertiary/aromatic N) is 1. The molecule has 1 saturated heterocycles. The van der Waals surface area contributed by atoms with E-state index in [0.717, 1.165) is 51.0 Å². The van der Waals surface area contributed by atoms with Crippen LogP contribution in [-0.2, 0) is 10.3 Å². The van der Waals surface area contributed by atoms with Gasteiger partial charge in [0.15, 0.2) is 0 Å². The van der Waals surface area contributed by atoms with Gasteiger partial charge in [-0.05, 0) is 85.1 Å². The second kappa shape index (κ2) is 9.66. The van der Waals surface area contributed by atoms with E-state index >= 15 is 0 Å². The van der Waals surface area contributed by atoms with Crippen molar-refractivity contribution in [1.29, 1.82) is 0 Å². The first kappa shape index (κ1) is 23.7. The van der Waals surface area contributed by atoms with Crippen LogP contribution in [0.4, 0.5) is 0 Å². The van der Waals surface area contributed by atoms with Gasteiger partial charge in [-0.2, -0.15) is 0 Å². The number of methoxy groups -OCH3 is 2. The fourth-order valence-corrected chi connectivity index (χ4v) is 7.53. The topological polar surface area (TPSA) is 51.2 Å². The summed E-state index contributed by atoms with van der Waals surface area (Å²) in [7, 11) is 3.36. The number of aliphatic hydroxyl groups is 1. The Kier molecular flexibility index (Phi) is 6.36. The number of hydrogen-bond donors (Lipinski definition) is 1. The molecular weight excluding hydrogens is 470 g/mol. The molecule has 188 valence electrons. The summed E-state index contributed by atoms with van der Waals surface area (Å²) >= 11 is 1.81. The number of rotatable bonds is 7. The zero-order valence-electron chi connectivity index (χ0n) is 20.9. The molecule has 0 aromatic heterocycles. The Bertz CT molecular complexity index is 1230. The van der Waals surface area contributed by atoms with Gasteiger partial charge in [-0.3, -0.25) is 4.90 Å². The SMILES string of the molecule is COC1=CC2SC3=C(C2C=C1)C(O)(c1ccc(OCCN2CCCCC2)cc1)c1cc(OC)ccc13. The molecule has 2 aliphatic heterocycles. The maximum Gasteiger partial charge on any atom is 0.139 e. The third kappa shape index (κ3) is 3.96. The predicted molar refractivity (Wildman–Crippen MR) is 144 cm³/mol. The molecule has 2 aromatic rings. The summed E-state index contributed by atoms with van der Waals surface area (Å²) in [6.07, 6.45) is 10.3. The summed E-state index contributed by atoms with van der Waals surface area (Å²) in [5.74, 6) is 2.54. The van der Waals surface area contributed by atoms with E-state index in [1.807, 2.05) is 42.5 Å². The van der Waals surface area contributed by atoms with Gasteiger partial charge in [0.05, 0.1) is 14.2 Å². The molecule has 2 heterocycles. The number of hydrogen-bond acceptors (Lipinski definition) is 6. The van der Waals surface area contributed by atoms with E-state index in [1.165, 1.54) is 32.4 Å². The zero-order valence-corrected chi connectivity index (χ0v) is 21.7. The smallest absolute Gasteiger partial charge is 0.139 e. The highest BCUT2D eigenvalue weighted by Crippen LogP contribution is 2.63. The fraction of sp³-hybridized carbons (Fsp3) is 0.400. The van der Waals surface area contributed by atoms with Gasteiger partial charge in [-0.1, -0.05) is 24.6 Å². The fourth-order valence-electron chi connectivity index (χ4n) is 5.97. The van der Waals surface area contributed by atoms with Crippen LogP contribution in [0.25, 0.3) is 4.91 Å². The Balaban J connectivity index is 1.30. The van der Waals surface area contributed by atoms with Crippen LogP contribution < -0.4 is 9.47 Å². The minimum Gasteiger partial charge on any atom is -0.497 e. The maximum absolute atomic E-state index is 12.5. The second-order valence-corrected chi connectivity index (χ2v) is 11.1. The lowest BCUT2D eigenvalue weighted by atomic mass is 9.76. The van der Waals surface area contributed by atoms with Crippen LogP contribution >= 0.6 is 11.8 Å². The van der Waals surface area contributed by atoms with Gasteiger partial charge in [0.2, 0.25) is 0 Å². The van der Waals surface area contributed by atoms with E-state index < -0.39 is 5.60 Å². The molecule has 4 aliphatic rings. The number of thioether (sulfide) groups is 1. The second-order valence-electron chi connectivity index (χ2n) is 9.88. The molecule has 0 radical (unpaired) electrons. The molecule has 6 rings (SSSR count). The number of fused-ring (bicyclic) bond motifs is 4. The maximum atomic E-state index is 12.5. The number of ether oxygens (including phenoxy) is 3. The lowest BCUT2D eigenvalue weighted by Crippen LogP contribution is -2.33. The van der Waals surface area contributed by atoms with Crippen molar-refractivity contribution in [3.63, 3.8) is 0 Å². The monoisotopic (exact) mass is 503 g/mol. The van der Waals surface area contributed by atoms with Crippen molar-refractivity contribution in [2.75, 3.05) is 40.5 Å². The summed E-state index contributed by atoms with van der Waals surface area (Å²) < 4.78 is 17.1. The van der Waals surface area contributed by atoms with Gasteiger partial charge in [0, 0.05) is 28.2 Å². The lowest BCUT2D eigenvalue weighted by molar-refractivity contribution is 0.116. The van der Waals surface area contributed by atoms with Crippen molar-refractivity contribution in [3.05, 3.63) is 88.7 Å². The van der Waals surface area contributed by atoms with Crippen molar-refractivity contribution in [2.24, 2.45) is 5.92 Å². The quantitative estimate of drug-likeness (QED) is 0.550. The Morgan fingerprint density at radius 1 is 1.00 bits per heavy atom. The molecule has 6 heteroatoms. The highest BCUT2D eigenvalue weighted by molar-refractivity contribution is 8.09. The summed E-state index contributed by atoms with van der Waals surface area (Å²) in [4.78, 5) is 3.64. The Morgan fingerprint density at radius 2 is 1.78 bits per heavy atom. The number of allylic oxidation sites excluding steroid dienone is 2. The number of likely N-dealkylation sites (tertiary alicyclic amines) is 1. The standard InChI is InChI=1S/C30H33NO4S/c1-33-22-10-12-24-26(18-22)30(32,28-25-13-11-23(34-2)19-27(25)36-29(24)28)20-6-8-21(9-7-20)35-17-16-31-14-4-3-5-15-31/h6-13,18-19,25,27,32H,3-5,14-17H2,1-2H3. The third-order valence-corrected chi connectivity index (χ3v) is 9.24. The van der Waals surface area contributed by atoms with Gasteiger partial charge < -0.3 is 19.3 Å². The van der Waals surface area contributed by atoms with Crippen LogP contribution in [-0.4, -0.2) is 55.7 Å². The molecule has 1 N–H and O–H groups in total. The third-order valence-electron chi connectivity index (χ3n) is 7.87. The molecule has 36 heavy (non-hydrogen) atoms. The van der Waals surface area contributed by atoms with Gasteiger partial charge in [-0.15, -0.1) is 11.8 Å². The van der Waals surface area contributed by atoms with Gasteiger partial charge in [-0.25, -0.2) is 0 Å². The summed E-state index contributed by atoms with van der Waals surface area (Å²) in [6.45, 7) is 3.98. The van der Waals surface area contributed by atoms with E-state index in [-0.39, 0.29) is 11.2 Å². The zero-order chi connectivity index (χ0) is 24.7. The van der Waals surface area contributed by atoms with E-state index in [1.54, 1.807) is 26.0 Å². The minimum atomic E-state index is -1.24. The van der Waals surface area contributed by atoms with E-state index in [4.69, 9.17) is 14.2 Å². The summed E-state index contributed by atoms with van der Waals surface area (Å²) in [5.41, 5.74) is 2.62. The van der Waals surface area contributed by atoms with E-state index in [0.29, 0.717) is 6.61 Å². The Labute approximate surface area is 217 Å². The van der Waals surface area contributed by atoms with Crippen LogP contribution in [0.2, 0.25) is 0 Å². The molecule has 5 nitrogen and oxygen atoms in total. The largest absolute Gasteiger partial charge is 0.497 e. The molecule has 2 aromatic carbocycles. The van der Waals surface area contributed by atoms with Crippen molar-refractivity contribution < 1.29 is 19.3 Å². The molecule has 0 bridgehead atoms. The van der Waals surface area contributed by atoms with Crippen molar-refractivity contribution in [1.82, 2.24) is 4.90 Å². The van der Waals surface area contributed by atoms with Crippen LogP contribution in [0.1, 0.15) is 36.0 Å². The normalized spacial score (nSPS) is 26.8. The van der Waals surface area contributed by atoms with E-state index in [2.05, 4.69) is 23.1 Å². The van der Waals surface area contributed by atoms with Crippen LogP contribution in [0, 0.1) is 5.92 Å². The highest BCUT2D eigenvalue weighted by atomic mass is 32.2. The number of piperidine rings is 1. The average Bonchev–Trinajstić information content (AvgIpc) is 3.42. The minimum absolute atomic E-state index is 0.0905. The molecule has 1 fully saturated rings. The molecule has 3 unspecified atom stereocenters. The molecule has 0 amide bonds. The first-order valence-corrected chi connectivity index (χ1v) is 13.7. The summed E-state index contributed by atoms with van der Waals surface area (Å²) in [6, 6.07) is 14.0. The van der Waals surface area contributed by atoms with Gasteiger partial charge in [0.25, 0.3) is 0 Å². The van der Waals surface area contributed by atoms with Crippen LogP contribution in [0.3, 0.4) is 0 Å². The molecule has 0 saturated carbocycles. The molecule has 3 atom stereocenters. The van der Waals surface area contributed by atoms with Crippen LogP contribution in [0.15, 0.2) is 72.0 Å². The lowest BCUT2D eigenvalue weighted by Gasteiger charge is -2.33. The number of benzene rings is 2. The first-order valence-electron chi connectivity index (χ1n) is 12.8. The van der Waals surface area contributed by atoms with Crippen molar-refractivity contribution in [2.45, 2.75) is 30.1 Å². The van der Waals surface area contributed by atoms with Gasteiger partial charge in [0.1, 0.15) is 29.5 Å². The van der Waals surface area contributed by atoms with Crippen LogP contribution in [0.5, 0.6) is 11.5 Å². The molecular formula is C30H33NO4S. The van der Waals surface area contributed by atoms with Gasteiger partial charge >= 0.3 is 0 Å². The average molecular weight is 504 g/mol. The summed E-state index contributed by atoms with van der Waals surface area (Å²) in [5, 5.41) is 12.7. The molecule has 0 spiro atoms. The Morgan fingerprint density at radius 3 is 2.53 bits per heavy atom. The predicted octanol–water partition coefficient (Wildman–Crippen LogP) is 5.35. The highest BCUT2D eigenvalue weighted by Gasteiger charge is 2.53. The first-order chi connectivity index (χ1) is 17.6. The molecule has 2 aliphatic carbocycles. The van der Waals surface area contributed by atoms with E-state index in [9.17, 15) is 5.11 Å².